The summed E-state index contributed by atoms with van der Waals surface area (Å²) < 4.78 is 21.5. The summed E-state index contributed by atoms with van der Waals surface area (Å²) in [5.41, 5.74) is 1.06. The molecule has 0 radical (unpaired) electrons. The summed E-state index contributed by atoms with van der Waals surface area (Å²) in [6.45, 7) is 3.93. The molecule has 26 heavy (non-hydrogen) atoms. The Balaban J connectivity index is 1.65. The lowest BCUT2D eigenvalue weighted by Crippen LogP contribution is -3.13. The van der Waals surface area contributed by atoms with Crippen LogP contribution in [0.1, 0.15) is 16.1 Å². The molecule has 2 heterocycles. The van der Waals surface area contributed by atoms with Gasteiger partial charge >= 0.3 is 0 Å². The molecule has 1 saturated heterocycles. The van der Waals surface area contributed by atoms with E-state index in [0.29, 0.717) is 30.3 Å². The molecule has 1 aliphatic rings. The predicted molar refractivity (Wildman–Crippen MR) is 95.1 cm³/mol. The van der Waals surface area contributed by atoms with Gasteiger partial charge in [-0.1, -0.05) is 0 Å². The Morgan fingerprint density at radius 3 is 2.31 bits per heavy atom. The molecule has 1 aromatic carbocycles. The van der Waals surface area contributed by atoms with E-state index in [1.165, 1.54) is 11.2 Å². The van der Waals surface area contributed by atoms with Crippen LogP contribution in [0, 0.1) is 0 Å². The highest BCUT2D eigenvalue weighted by Crippen LogP contribution is 2.34. The van der Waals surface area contributed by atoms with Crippen molar-refractivity contribution in [2.75, 3.05) is 47.5 Å². The minimum Gasteiger partial charge on any atom is -0.496 e. The summed E-state index contributed by atoms with van der Waals surface area (Å²) in [6.07, 6.45) is 1.53. The van der Waals surface area contributed by atoms with Crippen molar-refractivity contribution >= 4 is 5.91 Å². The Morgan fingerprint density at radius 2 is 1.73 bits per heavy atom. The molecule has 7 nitrogen and oxygen atoms in total. The van der Waals surface area contributed by atoms with E-state index in [4.69, 9.17) is 18.6 Å². The molecule has 1 fully saturated rings. The zero-order valence-corrected chi connectivity index (χ0v) is 15.4. The SMILES string of the molecule is COc1cc(OC)c(OC)cc1C[NH+]1CCN(C(=O)c2ccco2)CC1. The Kier molecular flexibility index (Phi) is 5.68. The largest absolute Gasteiger partial charge is 0.496 e. The second-order valence-electron chi connectivity index (χ2n) is 6.22. The van der Waals surface area contributed by atoms with Crippen molar-refractivity contribution in [3.05, 3.63) is 41.9 Å². The molecule has 0 atom stereocenters. The number of carbonyl (C=O) groups excluding carboxylic acids is 1. The zero-order chi connectivity index (χ0) is 18.5. The highest BCUT2D eigenvalue weighted by Gasteiger charge is 2.27. The molecule has 0 aliphatic carbocycles. The van der Waals surface area contributed by atoms with Crippen LogP contribution in [0.4, 0.5) is 0 Å². The maximum Gasteiger partial charge on any atom is 0.289 e. The van der Waals surface area contributed by atoms with Gasteiger partial charge in [-0.3, -0.25) is 4.79 Å². The molecule has 1 amide bonds. The predicted octanol–water partition coefficient (Wildman–Crippen LogP) is 0.846. The number of ether oxygens (including phenoxy) is 3. The van der Waals surface area contributed by atoms with Crippen molar-refractivity contribution in [2.24, 2.45) is 0 Å². The number of rotatable bonds is 6. The van der Waals surface area contributed by atoms with Crippen LogP contribution in [0.5, 0.6) is 17.2 Å². The summed E-state index contributed by atoms with van der Waals surface area (Å²) in [6, 6.07) is 7.25. The van der Waals surface area contributed by atoms with Gasteiger partial charge in [0.15, 0.2) is 17.3 Å². The summed E-state index contributed by atoms with van der Waals surface area (Å²) in [5, 5.41) is 0. The first-order valence-corrected chi connectivity index (χ1v) is 8.61. The van der Waals surface area contributed by atoms with E-state index in [0.717, 1.165) is 30.9 Å². The van der Waals surface area contributed by atoms with Gasteiger partial charge in [0.2, 0.25) is 0 Å². The first-order chi connectivity index (χ1) is 12.7. The first-order valence-electron chi connectivity index (χ1n) is 8.61. The molecule has 1 aliphatic heterocycles. The highest BCUT2D eigenvalue weighted by molar-refractivity contribution is 5.91. The average molecular weight is 361 g/mol. The quantitative estimate of drug-likeness (QED) is 0.826. The van der Waals surface area contributed by atoms with Crippen molar-refractivity contribution in [2.45, 2.75) is 6.54 Å². The molecule has 140 valence electrons. The number of hydrogen-bond donors (Lipinski definition) is 1. The number of piperazine rings is 1. The zero-order valence-electron chi connectivity index (χ0n) is 15.4. The van der Waals surface area contributed by atoms with Gasteiger partial charge in [0.25, 0.3) is 5.91 Å². The lowest BCUT2D eigenvalue weighted by atomic mass is 10.1. The number of nitrogens with one attached hydrogen (secondary N) is 1. The molecule has 3 rings (SSSR count). The number of methoxy groups -OCH3 is 3. The molecule has 0 bridgehead atoms. The van der Waals surface area contributed by atoms with Gasteiger partial charge in [0.05, 0.1) is 59.3 Å². The van der Waals surface area contributed by atoms with Crippen LogP contribution in [-0.2, 0) is 6.54 Å². The molecule has 0 spiro atoms. The Bertz CT molecular complexity index is 737. The lowest BCUT2D eigenvalue weighted by molar-refractivity contribution is -0.917. The van der Waals surface area contributed by atoms with Crippen LogP contribution >= 0.6 is 0 Å². The van der Waals surface area contributed by atoms with Crippen molar-refractivity contribution in [1.82, 2.24) is 4.90 Å². The van der Waals surface area contributed by atoms with Crippen LogP contribution in [0.2, 0.25) is 0 Å². The monoisotopic (exact) mass is 361 g/mol. The third kappa shape index (κ3) is 3.77. The van der Waals surface area contributed by atoms with Gasteiger partial charge in [-0.05, 0) is 18.2 Å². The fourth-order valence-corrected chi connectivity index (χ4v) is 3.26. The second kappa shape index (κ2) is 8.14. The van der Waals surface area contributed by atoms with Crippen molar-refractivity contribution in [3.8, 4) is 17.2 Å². The van der Waals surface area contributed by atoms with Gasteiger partial charge < -0.3 is 28.4 Å². The Hall–Kier alpha value is -2.67. The molecule has 2 aromatic rings. The van der Waals surface area contributed by atoms with Crippen LogP contribution in [0.3, 0.4) is 0 Å². The number of carbonyl (C=O) groups is 1. The van der Waals surface area contributed by atoms with E-state index in [9.17, 15) is 4.79 Å². The number of furan rings is 1. The molecule has 7 heteroatoms. The third-order valence-corrected chi connectivity index (χ3v) is 4.72. The smallest absolute Gasteiger partial charge is 0.289 e. The molecule has 1 aromatic heterocycles. The van der Waals surface area contributed by atoms with Crippen LogP contribution in [-0.4, -0.2) is 58.3 Å². The molecule has 1 N–H and O–H groups in total. The fourth-order valence-electron chi connectivity index (χ4n) is 3.26. The minimum atomic E-state index is -0.0438. The van der Waals surface area contributed by atoms with Crippen molar-refractivity contribution in [3.63, 3.8) is 0 Å². The van der Waals surface area contributed by atoms with E-state index < -0.39 is 0 Å². The Labute approximate surface area is 153 Å². The number of quaternary nitrogens is 1. The summed E-state index contributed by atoms with van der Waals surface area (Å²) in [7, 11) is 4.89. The molecular weight excluding hydrogens is 336 g/mol. The van der Waals surface area contributed by atoms with E-state index in [-0.39, 0.29) is 5.91 Å². The molecular formula is C19H25N2O5+. The van der Waals surface area contributed by atoms with E-state index in [2.05, 4.69) is 0 Å². The normalized spacial score (nSPS) is 15.0. The standard InChI is InChI=1S/C19H24N2O5/c1-23-16-12-18(25-3)17(24-2)11-14(16)13-20-6-8-21(9-7-20)19(22)15-5-4-10-26-15/h4-5,10-12H,6-9,13H2,1-3H3/p+1. The van der Waals surface area contributed by atoms with E-state index in [1.54, 1.807) is 33.5 Å². The maximum atomic E-state index is 12.4. The van der Waals surface area contributed by atoms with Gasteiger partial charge in [-0.25, -0.2) is 0 Å². The van der Waals surface area contributed by atoms with E-state index in [1.807, 2.05) is 17.0 Å². The third-order valence-electron chi connectivity index (χ3n) is 4.72. The molecule has 0 unspecified atom stereocenters. The van der Waals surface area contributed by atoms with Gasteiger partial charge in [-0.2, -0.15) is 0 Å². The van der Waals surface area contributed by atoms with Gasteiger partial charge in [0.1, 0.15) is 12.3 Å². The summed E-state index contributed by atoms with van der Waals surface area (Å²) in [5.74, 6) is 2.48. The van der Waals surface area contributed by atoms with E-state index >= 15 is 0 Å². The van der Waals surface area contributed by atoms with Gasteiger partial charge in [-0.15, -0.1) is 0 Å². The van der Waals surface area contributed by atoms with Crippen molar-refractivity contribution in [1.29, 1.82) is 0 Å². The number of amides is 1. The average Bonchev–Trinajstić information content (AvgIpc) is 3.22. The fraction of sp³-hybridized carbons (Fsp3) is 0.421. The number of benzene rings is 1. The maximum absolute atomic E-state index is 12.4. The lowest BCUT2D eigenvalue weighted by Gasteiger charge is -2.32. The van der Waals surface area contributed by atoms with Crippen LogP contribution < -0.4 is 19.1 Å². The summed E-state index contributed by atoms with van der Waals surface area (Å²) in [4.78, 5) is 15.6. The van der Waals surface area contributed by atoms with Crippen molar-refractivity contribution < 1.29 is 28.3 Å². The van der Waals surface area contributed by atoms with Crippen LogP contribution in [0.25, 0.3) is 0 Å². The summed E-state index contributed by atoms with van der Waals surface area (Å²) >= 11 is 0. The van der Waals surface area contributed by atoms with Gasteiger partial charge in [0, 0.05) is 6.07 Å². The Morgan fingerprint density at radius 1 is 1.08 bits per heavy atom. The highest BCUT2D eigenvalue weighted by atomic mass is 16.5. The molecule has 0 saturated carbocycles. The number of hydrogen-bond acceptors (Lipinski definition) is 5. The first kappa shape index (κ1) is 18.1. The minimum absolute atomic E-state index is 0.0438. The number of nitrogens with zero attached hydrogens (tertiary/aromatic N) is 1. The second-order valence-corrected chi connectivity index (χ2v) is 6.22. The van der Waals surface area contributed by atoms with Crippen LogP contribution in [0.15, 0.2) is 34.9 Å². The topological polar surface area (TPSA) is 65.6 Å².